The van der Waals surface area contributed by atoms with E-state index in [-0.39, 0.29) is 36.1 Å². The molecule has 2 N–H and O–H groups in total. The molecule has 1 aromatic rings. The summed E-state index contributed by atoms with van der Waals surface area (Å²) in [5, 5.41) is 2.72. The van der Waals surface area contributed by atoms with Crippen molar-refractivity contribution in [1.82, 2.24) is 15.2 Å². The molecule has 22 heavy (non-hydrogen) atoms. The first-order valence-corrected chi connectivity index (χ1v) is 8.98. The number of carbonyl (C=O) groups is 1. The van der Waals surface area contributed by atoms with Crippen LogP contribution in [0.15, 0.2) is 10.9 Å². The van der Waals surface area contributed by atoms with E-state index in [2.05, 4.69) is 10.3 Å². The lowest BCUT2D eigenvalue weighted by Gasteiger charge is -2.25. The van der Waals surface area contributed by atoms with E-state index in [1.807, 2.05) is 17.9 Å². The maximum atomic E-state index is 11.9. The van der Waals surface area contributed by atoms with Gasteiger partial charge in [0.2, 0.25) is 5.91 Å². The van der Waals surface area contributed by atoms with E-state index >= 15 is 0 Å². The Morgan fingerprint density at radius 2 is 1.95 bits per heavy atom. The number of carbonyl (C=O) groups excluding carboxylic acids is 1. The molecule has 0 atom stereocenters. The van der Waals surface area contributed by atoms with Crippen molar-refractivity contribution in [2.24, 2.45) is 0 Å². The fraction of sp³-hybridized carbons (Fsp3) is 0.571. The normalized spacial score (nSPS) is 18.1. The number of hydrogen-bond acceptors (Lipinski definition) is 5. The van der Waals surface area contributed by atoms with Crippen molar-refractivity contribution in [2.45, 2.75) is 20.4 Å². The van der Waals surface area contributed by atoms with Gasteiger partial charge in [0.1, 0.15) is 0 Å². The average molecular weight is 327 g/mol. The Hall–Kier alpha value is -1.67. The first-order valence-electron chi connectivity index (χ1n) is 7.16. The predicted molar refractivity (Wildman–Crippen MR) is 83.5 cm³/mol. The van der Waals surface area contributed by atoms with Crippen LogP contribution in [0.3, 0.4) is 0 Å². The second-order valence-electron chi connectivity index (χ2n) is 5.65. The van der Waals surface area contributed by atoms with Crippen molar-refractivity contribution in [2.75, 3.05) is 31.1 Å². The molecule has 0 spiro atoms. The molecule has 0 saturated carbocycles. The van der Waals surface area contributed by atoms with Gasteiger partial charge >= 0.3 is 0 Å². The first kappa shape index (κ1) is 16.7. The fourth-order valence-corrected chi connectivity index (χ4v) is 3.73. The molecule has 2 rings (SSSR count). The van der Waals surface area contributed by atoms with Gasteiger partial charge in [-0.1, -0.05) is 0 Å². The highest BCUT2D eigenvalue weighted by Crippen LogP contribution is 2.04. The number of pyridine rings is 1. The smallest absolute Gasteiger partial charge is 0.253 e. The van der Waals surface area contributed by atoms with Crippen LogP contribution in [0.1, 0.15) is 16.8 Å². The van der Waals surface area contributed by atoms with Gasteiger partial charge < -0.3 is 10.3 Å². The average Bonchev–Trinajstić information content (AvgIpc) is 2.40. The van der Waals surface area contributed by atoms with Gasteiger partial charge in [0, 0.05) is 30.9 Å². The first-order chi connectivity index (χ1) is 10.3. The molecule has 8 heteroatoms. The summed E-state index contributed by atoms with van der Waals surface area (Å²) in [7, 11) is -2.94. The van der Waals surface area contributed by atoms with Crippen LogP contribution in [0, 0.1) is 13.8 Å². The molecule has 1 saturated heterocycles. The van der Waals surface area contributed by atoms with Crippen LogP contribution in [0.4, 0.5) is 0 Å². The Balaban J connectivity index is 1.88. The lowest BCUT2D eigenvalue weighted by molar-refractivity contribution is -0.122. The molecule has 2 heterocycles. The number of aromatic nitrogens is 1. The number of sulfone groups is 1. The van der Waals surface area contributed by atoms with Crippen LogP contribution < -0.4 is 10.9 Å². The summed E-state index contributed by atoms with van der Waals surface area (Å²) in [6, 6.07) is 1.86. The number of amides is 1. The molecule has 0 aliphatic carbocycles. The van der Waals surface area contributed by atoms with Crippen molar-refractivity contribution < 1.29 is 13.2 Å². The van der Waals surface area contributed by atoms with E-state index in [9.17, 15) is 18.0 Å². The molecule has 1 aliphatic heterocycles. The highest BCUT2D eigenvalue weighted by Gasteiger charge is 2.22. The molecule has 1 fully saturated rings. The molecule has 1 aliphatic rings. The predicted octanol–water partition coefficient (Wildman–Crippen LogP) is -0.662. The van der Waals surface area contributed by atoms with Crippen molar-refractivity contribution in [3.8, 4) is 0 Å². The number of aromatic amines is 1. The van der Waals surface area contributed by atoms with E-state index in [1.165, 1.54) is 0 Å². The number of nitrogens with zero attached hydrogens (tertiary/aromatic N) is 1. The summed E-state index contributed by atoms with van der Waals surface area (Å²) in [6.45, 7) is 4.71. The molecule has 0 aromatic carbocycles. The third-order valence-electron chi connectivity index (χ3n) is 3.76. The van der Waals surface area contributed by atoms with Gasteiger partial charge in [-0.3, -0.25) is 14.5 Å². The van der Waals surface area contributed by atoms with Gasteiger partial charge in [-0.15, -0.1) is 0 Å². The minimum atomic E-state index is -2.94. The van der Waals surface area contributed by atoms with Gasteiger partial charge in [-0.2, -0.15) is 0 Å². The van der Waals surface area contributed by atoms with Gasteiger partial charge in [0.25, 0.3) is 5.56 Å². The number of rotatable bonds is 4. The Labute approximate surface area is 129 Å². The van der Waals surface area contributed by atoms with Crippen LogP contribution in [0.2, 0.25) is 0 Å². The topological polar surface area (TPSA) is 99.3 Å². The number of nitrogens with one attached hydrogen (secondary N) is 2. The number of hydrogen-bond donors (Lipinski definition) is 2. The zero-order chi connectivity index (χ0) is 16.3. The summed E-state index contributed by atoms with van der Waals surface area (Å²) < 4.78 is 22.7. The molecule has 1 amide bonds. The third kappa shape index (κ3) is 4.41. The number of aryl methyl sites for hydroxylation is 2. The maximum absolute atomic E-state index is 11.9. The van der Waals surface area contributed by atoms with E-state index in [1.54, 1.807) is 6.92 Å². The maximum Gasteiger partial charge on any atom is 0.253 e. The molecule has 0 radical (unpaired) electrons. The summed E-state index contributed by atoms with van der Waals surface area (Å²) in [6.07, 6.45) is 0. The SMILES string of the molecule is Cc1cc(C)c(CNC(=O)CN2CCS(=O)(=O)CC2)c(=O)[nH]1. The monoisotopic (exact) mass is 327 g/mol. The third-order valence-corrected chi connectivity index (χ3v) is 5.37. The molecule has 0 unspecified atom stereocenters. The Morgan fingerprint density at radius 3 is 2.55 bits per heavy atom. The second kappa shape index (κ2) is 6.62. The van der Waals surface area contributed by atoms with Crippen molar-refractivity contribution in [3.63, 3.8) is 0 Å². The Kier molecular flexibility index (Phi) is 5.02. The standard InChI is InChI=1S/C14H21N3O4S/c1-10-7-11(2)16-14(19)12(10)8-15-13(18)9-17-3-5-22(20,21)6-4-17/h7H,3-6,8-9H2,1-2H3,(H,15,18)(H,16,19). The zero-order valence-electron chi connectivity index (χ0n) is 12.8. The summed E-state index contributed by atoms with van der Waals surface area (Å²) in [5.41, 5.74) is 1.97. The van der Waals surface area contributed by atoms with Gasteiger partial charge in [-0.25, -0.2) is 8.42 Å². The Morgan fingerprint density at radius 1 is 1.32 bits per heavy atom. The van der Waals surface area contributed by atoms with Crippen LogP contribution in [-0.4, -0.2) is 55.3 Å². The molecule has 0 bridgehead atoms. The minimum absolute atomic E-state index is 0.0943. The molecule has 122 valence electrons. The minimum Gasteiger partial charge on any atom is -0.351 e. The number of H-pyrrole nitrogens is 1. The zero-order valence-corrected chi connectivity index (χ0v) is 13.6. The second-order valence-corrected chi connectivity index (χ2v) is 7.95. The van der Waals surface area contributed by atoms with Crippen molar-refractivity contribution in [3.05, 3.63) is 33.2 Å². The fourth-order valence-electron chi connectivity index (χ4n) is 2.46. The van der Waals surface area contributed by atoms with Crippen LogP contribution >= 0.6 is 0 Å². The van der Waals surface area contributed by atoms with Gasteiger partial charge in [-0.05, 0) is 25.5 Å². The van der Waals surface area contributed by atoms with Crippen molar-refractivity contribution >= 4 is 15.7 Å². The summed E-state index contributed by atoms with van der Waals surface area (Å²) in [5.74, 6) is -0.0210. The lowest BCUT2D eigenvalue weighted by Crippen LogP contribution is -2.45. The summed E-state index contributed by atoms with van der Waals surface area (Å²) >= 11 is 0. The van der Waals surface area contributed by atoms with E-state index < -0.39 is 9.84 Å². The van der Waals surface area contributed by atoms with Gasteiger partial charge in [0.05, 0.1) is 18.1 Å². The van der Waals surface area contributed by atoms with E-state index in [4.69, 9.17) is 0 Å². The van der Waals surface area contributed by atoms with Crippen molar-refractivity contribution in [1.29, 1.82) is 0 Å². The van der Waals surface area contributed by atoms with E-state index in [0.717, 1.165) is 11.3 Å². The van der Waals surface area contributed by atoms with Crippen LogP contribution in [0.5, 0.6) is 0 Å². The van der Waals surface area contributed by atoms with Crippen LogP contribution in [-0.2, 0) is 21.2 Å². The lowest BCUT2D eigenvalue weighted by atomic mass is 10.1. The highest BCUT2D eigenvalue weighted by molar-refractivity contribution is 7.91. The van der Waals surface area contributed by atoms with Gasteiger partial charge in [0.15, 0.2) is 9.84 Å². The molecular formula is C14H21N3O4S. The largest absolute Gasteiger partial charge is 0.351 e. The summed E-state index contributed by atoms with van der Waals surface area (Å²) in [4.78, 5) is 28.3. The molecular weight excluding hydrogens is 306 g/mol. The quantitative estimate of drug-likeness (QED) is 0.765. The highest BCUT2D eigenvalue weighted by atomic mass is 32.2. The Bertz CT molecular complexity index is 710. The molecule has 7 nitrogen and oxygen atoms in total. The van der Waals surface area contributed by atoms with Crippen LogP contribution in [0.25, 0.3) is 0 Å². The van der Waals surface area contributed by atoms with E-state index in [0.29, 0.717) is 18.7 Å². The molecule has 1 aromatic heterocycles.